The largest absolute Gasteiger partial charge is 0.501 e. The highest BCUT2D eigenvalue weighted by Crippen LogP contribution is 2.22. The van der Waals surface area contributed by atoms with Crippen LogP contribution in [0, 0.1) is 5.82 Å². The second-order valence-electron chi connectivity index (χ2n) is 3.94. The monoisotopic (exact) mass is 305 g/mol. The van der Waals surface area contributed by atoms with Gasteiger partial charge in [0.25, 0.3) is 0 Å². The lowest BCUT2D eigenvalue weighted by Gasteiger charge is -2.12. The maximum Gasteiger partial charge on any atom is 0.310 e. The van der Waals surface area contributed by atoms with E-state index in [1.807, 2.05) is 0 Å². The van der Waals surface area contributed by atoms with Crippen molar-refractivity contribution >= 4 is 34.8 Å². The molecule has 0 fully saturated rings. The van der Waals surface area contributed by atoms with Crippen molar-refractivity contribution in [2.45, 2.75) is 18.9 Å². The van der Waals surface area contributed by atoms with Crippen LogP contribution in [0.5, 0.6) is 0 Å². The lowest BCUT2D eigenvalue weighted by molar-refractivity contribution is -0.139. The molecule has 0 aromatic heterocycles. The van der Waals surface area contributed by atoms with Gasteiger partial charge in [-0.05, 0) is 35.8 Å². The molecule has 1 aromatic carbocycles. The van der Waals surface area contributed by atoms with Crippen molar-refractivity contribution < 1.29 is 19.0 Å². The van der Waals surface area contributed by atoms with Crippen molar-refractivity contribution in [2.24, 2.45) is 5.73 Å². The molecule has 1 atom stereocenters. The summed E-state index contributed by atoms with van der Waals surface area (Å²) in [4.78, 5) is 11.2. The van der Waals surface area contributed by atoms with Gasteiger partial charge in [-0.15, -0.1) is 0 Å². The maximum absolute atomic E-state index is 13.7. The number of aliphatic hydroxyl groups excluding tert-OH is 1. The molecule has 0 bridgehead atoms. The number of benzene rings is 1. The Labute approximate surface area is 120 Å². The number of methoxy groups -OCH3 is 1. The summed E-state index contributed by atoms with van der Waals surface area (Å²) in [5.41, 5.74) is 6.21. The Bertz CT molecular complexity index is 510. The first-order chi connectivity index (χ1) is 8.85. The lowest BCUT2D eigenvalue weighted by atomic mass is 10.0. The van der Waals surface area contributed by atoms with E-state index in [4.69, 9.17) is 22.4 Å². The molecule has 0 radical (unpaired) electrons. The van der Waals surface area contributed by atoms with E-state index in [1.165, 1.54) is 13.2 Å². The average Bonchev–Trinajstić information content (AvgIpc) is 2.34. The van der Waals surface area contributed by atoms with Crippen LogP contribution in [0.15, 0.2) is 12.1 Å². The number of hydrogen-bond donors (Lipinski definition) is 2. The molecule has 0 saturated carbocycles. The number of ether oxygens (including phenoxy) is 1. The van der Waals surface area contributed by atoms with E-state index in [1.54, 1.807) is 0 Å². The number of thiocarbonyl (C=S) groups is 1. The first-order valence-corrected chi connectivity index (χ1v) is 6.15. The van der Waals surface area contributed by atoms with Crippen LogP contribution in [0.25, 0.3) is 0 Å². The highest BCUT2D eigenvalue weighted by Gasteiger charge is 2.16. The molecule has 4 nitrogen and oxygen atoms in total. The third-order valence-electron chi connectivity index (χ3n) is 2.53. The van der Waals surface area contributed by atoms with Gasteiger partial charge >= 0.3 is 5.97 Å². The van der Waals surface area contributed by atoms with E-state index in [0.717, 1.165) is 6.07 Å². The quantitative estimate of drug-likeness (QED) is 0.642. The van der Waals surface area contributed by atoms with Crippen LogP contribution in [-0.2, 0) is 22.4 Å². The normalized spacial score (nSPS) is 12.0. The second kappa shape index (κ2) is 6.79. The molecule has 0 spiro atoms. The van der Waals surface area contributed by atoms with E-state index in [2.05, 4.69) is 17.0 Å². The van der Waals surface area contributed by atoms with Gasteiger partial charge in [0.05, 0.1) is 19.6 Å². The zero-order chi connectivity index (χ0) is 14.6. The summed E-state index contributed by atoms with van der Waals surface area (Å²) >= 11 is 10.4. The molecule has 104 valence electrons. The van der Waals surface area contributed by atoms with Crippen molar-refractivity contribution in [1.29, 1.82) is 0 Å². The Kier molecular flexibility index (Phi) is 5.65. The standard InChI is InChI=1S/C12H13ClFNO3S/c1-18-11(16)4-6-2-7(3-10(15)12(17)19)9(14)5-8(6)13/h2,5,10H,3-4,15H2,1H3,(H,17,19)/t10-/m0/s1. The predicted octanol–water partition coefficient (Wildman–Crippen LogP) is 1.95. The zero-order valence-corrected chi connectivity index (χ0v) is 11.7. The molecule has 0 amide bonds. The summed E-state index contributed by atoms with van der Waals surface area (Å²) in [5, 5.41) is 8.80. The molecule has 7 heteroatoms. The molecule has 0 unspecified atom stereocenters. The van der Waals surface area contributed by atoms with Gasteiger partial charge in [-0.25, -0.2) is 4.39 Å². The van der Waals surface area contributed by atoms with E-state index < -0.39 is 22.9 Å². The SMILES string of the molecule is COC(=O)Cc1cc(C[C@H](N)C(O)=S)c(F)cc1Cl. The first-order valence-electron chi connectivity index (χ1n) is 5.37. The smallest absolute Gasteiger partial charge is 0.310 e. The Morgan fingerprint density at radius 1 is 1.58 bits per heavy atom. The van der Waals surface area contributed by atoms with Crippen LogP contribution < -0.4 is 5.73 Å². The van der Waals surface area contributed by atoms with E-state index in [0.29, 0.717) is 5.56 Å². The Morgan fingerprint density at radius 2 is 2.21 bits per heavy atom. The average molecular weight is 306 g/mol. The van der Waals surface area contributed by atoms with Gasteiger partial charge in [-0.3, -0.25) is 4.79 Å². The molecule has 3 N–H and O–H groups in total. The van der Waals surface area contributed by atoms with E-state index >= 15 is 0 Å². The molecule has 19 heavy (non-hydrogen) atoms. The summed E-state index contributed by atoms with van der Waals surface area (Å²) in [5.74, 6) is -1.05. The number of carbonyl (C=O) groups is 1. The van der Waals surface area contributed by atoms with Crippen LogP contribution >= 0.6 is 23.8 Å². The van der Waals surface area contributed by atoms with E-state index in [9.17, 15) is 9.18 Å². The summed E-state index contributed by atoms with van der Waals surface area (Å²) in [7, 11) is 1.25. The van der Waals surface area contributed by atoms with Crippen molar-refractivity contribution in [3.63, 3.8) is 0 Å². The molecular formula is C12H13ClFNO3S. The molecule has 1 rings (SSSR count). The van der Waals surface area contributed by atoms with Crippen molar-refractivity contribution in [3.8, 4) is 0 Å². The van der Waals surface area contributed by atoms with Crippen LogP contribution in [0.1, 0.15) is 11.1 Å². The van der Waals surface area contributed by atoms with Crippen LogP contribution in [-0.4, -0.2) is 29.3 Å². The van der Waals surface area contributed by atoms with Crippen molar-refractivity contribution in [3.05, 3.63) is 34.1 Å². The number of rotatable bonds is 5. The minimum absolute atomic E-state index is 0.0203. The second-order valence-corrected chi connectivity index (χ2v) is 4.76. The van der Waals surface area contributed by atoms with Crippen LogP contribution in [0.3, 0.4) is 0 Å². The number of aliphatic hydroxyl groups is 1. The molecule has 0 aliphatic heterocycles. The fourth-order valence-corrected chi connectivity index (χ4v) is 1.79. The molecular weight excluding hydrogens is 293 g/mol. The minimum atomic E-state index is -0.850. The predicted molar refractivity (Wildman–Crippen MR) is 74.0 cm³/mol. The lowest BCUT2D eigenvalue weighted by Crippen LogP contribution is -2.31. The maximum atomic E-state index is 13.7. The summed E-state index contributed by atoms with van der Waals surface area (Å²) in [6, 6.07) is 1.67. The van der Waals surface area contributed by atoms with Crippen LogP contribution in [0.4, 0.5) is 4.39 Å². The molecule has 0 aliphatic rings. The Balaban J connectivity index is 3.02. The minimum Gasteiger partial charge on any atom is -0.501 e. The summed E-state index contributed by atoms with van der Waals surface area (Å²) < 4.78 is 18.2. The topological polar surface area (TPSA) is 72.5 Å². The third-order valence-corrected chi connectivity index (χ3v) is 3.19. The van der Waals surface area contributed by atoms with Gasteiger partial charge in [0, 0.05) is 5.02 Å². The first kappa shape index (κ1) is 15.8. The number of nitrogens with two attached hydrogens (primary N) is 1. The van der Waals surface area contributed by atoms with Gasteiger partial charge in [-0.2, -0.15) is 0 Å². The Morgan fingerprint density at radius 3 is 2.74 bits per heavy atom. The fraction of sp³-hybridized carbons (Fsp3) is 0.333. The summed E-state index contributed by atoms with van der Waals surface area (Å²) in [6.45, 7) is 0. The van der Waals surface area contributed by atoms with Crippen molar-refractivity contribution in [2.75, 3.05) is 7.11 Å². The summed E-state index contributed by atoms with van der Waals surface area (Å²) in [6.07, 6.45) is -0.0477. The number of hydrogen-bond acceptors (Lipinski definition) is 4. The zero-order valence-electron chi connectivity index (χ0n) is 10.2. The highest BCUT2D eigenvalue weighted by atomic mass is 35.5. The number of halogens is 2. The van der Waals surface area contributed by atoms with Gasteiger partial charge in [0.15, 0.2) is 5.05 Å². The molecule has 0 heterocycles. The van der Waals surface area contributed by atoms with Gasteiger partial charge in [0.1, 0.15) is 5.82 Å². The molecule has 0 aliphatic carbocycles. The Hall–Kier alpha value is -1.24. The van der Waals surface area contributed by atoms with Gasteiger partial charge < -0.3 is 15.6 Å². The number of esters is 1. The molecule has 1 aromatic rings. The van der Waals surface area contributed by atoms with Crippen LogP contribution in [0.2, 0.25) is 5.02 Å². The van der Waals surface area contributed by atoms with Gasteiger partial charge in [-0.1, -0.05) is 17.7 Å². The third kappa shape index (κ3) is 4.41. The number of carbonyl (C=O) groups excluding carboxylic acids is 1. The molecule has 0 saturated heterocycles. The highest BCUT2D eigenvalue weighted by molar-refractivity contribution is 7.80. The van der Waals surface area contributed by atoms with E-state index in [-0.39, 0.29) is 23.4 Å². The van der Waals surface area contributed by atoms with Gasteiger partial charge in [0.2, 0.25) is 0 Å². The fourth-order valence-electron chi connectivity index (χ4n) is 1.49. The van der Waals surface area contributed by atoms with Crippen molar-refractivity contribution in [1.82, 2.24) is 0 Å².